The Bertz CT molecular complexity index is 699. The summed E-state index contributed by atoms with van der Waals surface area (Å²) >= 11 is 5.98. The molecule has 1 aromatic heterocycles. The summed E-state index contributed by atoms with van der Waals surface area (Å²) in [7, 11) is 0. The molecule has 21 heavy (non-hydrogen) atoms. The molecular weight excluding hydrogens is 292 g/mol. The Kier molecular flexibility index (Phi) is 4.94. The molecule has 0 atom stereocenters. The van der Waals surface area contributed by atoms with Gasteiger partial charge in [0.25, 0.3) is 0 Å². The summed E-state index contributed by atoms with van der Waals surface area (Å²) < 4.78 is 1.46. The summed E-state index contributed by atoms with van der Waals surface area (Å²) in [5, 5.41) is 3.10. The van der Waals surface area contributed by atoms with Gasteiger partial charge in [0, 0.05) is 31.0 Å². The minimum Gasteiger partial charge on any atom is -0.399 e. The van der Waals surface area contributed by atoms with Crippen molar-refractivity contribution < 1.29 is 4.79 Å². The van der Waals surface area contributed by atoms with Crippen molar-refractivity contribution in [2.45, 2.75) is 19.4 Å². The highest BCUT2D eigenvalue weighted by Gasteiger charge is 2.06. The van der Waals surface area contributed by atoms with Crippen LogP contribution in [0.4, 0.5) is 11.4 Å². The first-order chi connectivity index (χ1) is 10.1. The summed E-state index contributed by atoms with van der Waals surface area (Å²) in [6.45, 7) is 0.440. The SMILES string of the molecule is Nc1ccc(NC(=O)CCCn2cccnc2=O)c(Cl)c1. The van der Waals surface area contributed by atoms with E-state index in [1.807, 2.05) is 0 Å². The summed E-state index contributed by atoms with van der Waals surface area (Å²) in [4.78, 5) is 26.8. The lowest BCUT2D eigenvalue weighted by Gasteiger charge is -2.08. The first-order valence-corrected chi connectivity index (χ1v) is 6.80. The zero-order valence-corrected chi connectivity index (χ0v) is 12.0. The van der Waals surface area contributed by atoms with Crippen LogP contribution in [0, 0.1) is 0 Å². The molecule has 0 bridgehead atoms. The Morgan fingerprint density at radius 2 is 2.24 bits per heavy atom. The topological polar surface area (TPSA) is 90.0 Å². The van der Waals surface area contributed by atoms with Gasteiger partial charge in [-0.25, -0.2) is 9.78 Å². The van der Waals surface area contributed by atoms with Crippen molar-refractivity contribution in [1.29, 1.82) is 0 Å². The second kappa shape index (κ2) is 6.90. The predicted octanol–water partition coefficient (Wildman–Crippen LogP) is 1.90. The van der Waals surface area contributed by atoms with Crippen molar-refractivity contribution in [3.8, 4) is 0 Å². The Hall–Kier alpha value is -2.34. The number of nitrogens with two attached hydrogens (primary N) is 1. The molecule has 7 heteroatoms. The van der Waals surface area contributed by atoms with Crippen molar-refractivity contribution in [2.75, 3.05) is 11.1 Å². The minimum absolute atomic E-state index is 0.168. The van der Waals surface area contributed by atoms with E-state index in [2.05, 4.69) is 10.3 Å². The molecule has 1 amide bonds. The molecule has 1 aromatic carbocycles. The third-order valence-electron chi connectivity index (χ3n) is 2.85. The number of anilines is 2. The van der Waals surface area contributed by atoms with Crippen LogP contribution in [0.1, 0.15) is 12.8 Å². The Morgan fingerprint density at radius 1 is 1.43 bits per heavy atom. The molecular formula is C14H15ClN4O2. The number of aromatic nitrogens is 2. The molecule has 0 aliphatic rings. The van der Waals surface area contributed by atoms with E-state index < -0.39 is 0 Å². The quantitative estimate of drug-likeness (QED) is 0.826. The number of rotatable bonds is 5. The number of hydrogen-bond acceptors (Lipinski definition) is 4. The van der Waals surface area contributed by atoms with Crippen molar-refractivity contribution in [3.05, 3.63) is 52.2 Å². The number of nitrogen functional groups attached to an aromatic ring is 1. The van der Waals surface area contributed by atoms with E-state index in [1.54, 1.807) is 30.5 Å². The number of aryl methyl sites for hydroxylation is 1. The predicted molar refractivity (Wildman–Crippen MR) is 82.2 cm³/mol. The van der Waals surface area contributed by atoms with Gasteiger partial charge in [-0.15, -0.1) is 0 Å². The number of carbonyl (C=O) groups excluding carboxylic acids is 1. The highest BCUT2D eigenvalue weighted by molar-refractivity contribution is 6.34. The van der Waals surface area contributed by atoms with Crippen molar-refractivity contribution in [1.82, 2.24) is 9.55 Å². The molecule has 0 spiro atoms. The fraction of sp³-hybridized carbons (Fsp3) is 0.214. The number of carbonyl (C=O) groups is 1. The van der Waals surface area contributed by atoms with E-state index in [4.69, 9.17) is 17.3 Å². The van der Waals surface area contributed by atoms with Gasteiger partial charge in [-0.1, -0.05) is 11.6 Å². The van der Waals surface area contributed by atoms with Crippen LogP contribution in [-0.4, -0.2) is 15.5 Å². The fourth-order valence-corrected chi connectivity index (χ4v) is 2.05. The van der Waals surface area contributed by atoms with Crippen LogP contribution < -0.4 is 16.7 Å². The molecule has 0 unspecified atom stereocenters. The molecule has 0 aliphatic carbocycles. The van der Waals surface area contributed by atoms with Crippen molar-refractivity contribution >= 4 is 28.9 Å². The molecule has 0 fully saturated rings. The van der Waals surface area contributed by atoms with Crippen molar-refractivity contribution in [3.63, 3.8) is 0 Å². The number of nitrogens with zero attached hydrogens (tertiary/aromatic N) is 2. The first kappa shape index (κ1) is 15.1. The average molecular weight is 307 g/mol. The monoisotopic (exact) mass is 306 g/mol. The van der Waals surface area contributed by atoms with Gasteiger partial charge in [-0.3, -0.25) is 9.36 Å². The first-order valence-electron chi connectivity index (χ1n) is 6.42. The smallest absolute Gasteiger partial charge is 0.347 e. The summed E-state index contributed by atoms with van der Waals surface area (Å²) in [5.74, 6) is -0.168. The summed E-state index contributed by atoms with van der Waals surface area (Å²) in [6.07, 6.45) is 3.89. The zero-order chi connectivity index (χ0) is 15.2. The normalized spacial score (nSPS) is 10.3. The van der Waals surface area contributed by atoms with E-state index in [0.717, 1.165) is 0 Å². The molecule has 3 N–H and O–H groups in total. The Morgan fingerprint density at radius 3 is 2.95 bits per heavy atom. The average Bonchev–Trinajstić information content (AvgIpc) is 2.44. The Labute approximate surface area is 126 Å². The second-order valence-corrected chi connectivity index (χ2v) is 4.89. The molecule has 0 saturated heterocycles. The van der Waals surface area contributed by atoms with E-state index in [-0.39, 0.29) is 18.0 Å². The van der Waals surface area contributed by atoms with Gasteiger partial charge in [0.15, 0.2) is 0 Å². The molecule has 0 aliphatic heterocycles. The molecule has 2 rings (SSSR count). The summed E-state index contributed by atoms with van der Waals surface area (Å²) in [5.41, 5.74) is 6.32. The number of hydrogen-bond donors (Lipinski definition) is 2. The maximum Gasteiger partial charge on any atom is 0.347 e. The van der Waals surface area contributed by atoms with Crippen LogP contribution in [0.3, 0.4) is 0 Å². The van der Waals surface area contributed by atoms with Crippen LogP contribution in [0.5, 0.6) is 0 Å². The molecule has 1 heterocycles. The highest BCUT2D eigenvalue weighted by Crippen LogP contribution is 2.24. The van der Waals surface area contributed by atoms with Crippen LogP contribution >= 0.6 is 11.6 Å². The number of halogens is 1. The zero-order valence-electron chi connectivity index (χ0n) is 11.3. The lowest BCUT2D eigenvalue weighted by molar-refractivity contribution is -0.116. The fourth-order valence-electron chi connectivity index (χ4n) is 1.81. The highest BCUT2D eigenvalue weighted by atomic mass is 35.5. The molecule has 0 saturated carbocycles. The van der Waals surface area contributed by atoms with Crippen LogP contribution in [0.15, 0.2) is 41.5 Å². The van der Waals surface area contributed by atoms with Crippen LogP contribution in [0.2, 0.25) is 5.02 Å². The number of benzene rings is 1. The Balaban J connectivity index is 1.85. The molecule has 2 aromatic rings. The number of nitrogens with one attached hydrogen (secondary N) is 1. The largest absolute Gasteiger partial charge is 0.399 e. The third kappa shape index (κ3) is 4.32. The second-order valence-electron chi connectivity index (χ2n) is 4.49. The van der Waals surface area contributed by atoms with E-state index >= 15 is 0 Å². The number of amides is 1. The molecule has 110 valence electrons. The molecule has 6 nitrogen and oxygen atoms in total. The van der Waals surface area contributed by atoms with Gasteiger partial charge < -0.3 is 11.1 Å². The van der Waals surface area contributed by atoms with Gasteiger partial charge in [-0.2, -0.15) is 0 Å². The van der Waals surface area contributed by atoms with Crippen LogP contribution in [0.25, 0.3) is 0 Å². The lowest BCUT2D eigenvalue weighted by Crippen LogP contribution is -2.22. The lowest BCUT2D eigenvalue weighted by atomic mass is 10.2. The maximum absolute atomic E-state index is 11.8. The summed E-state index contributed by atoms with van der Waals surface area (Å²) in [6, 6.07) is 6.57. The van der Waals surface area contributed by atoms with Gasteiger partial charge in [0.1, 0.15) is 0 Å². The van der Waals surface area contributed by atoms with Gasteiger partial charge in [0.2, 0.25) is 5.91 Å². The van der Waals surface area contributed by atoms with Gasteiger partial charge >= 0.3 is 5.69 Å². The minimum atomic E-state index is -0.320. The standard InChI is InChI=1S/C14H15ClN4O2/c15-11-9-10(16)4-5-12(11)18-13(20)3-1-7-19-8-2-6-17-14(19)21/h2,4-6,8-9H,1,3,7,16H2,(H,18,20). The molecule has 0 radical (unpaired) electrons. The van der Waals surface area contributed by atoms with E-state index in [9.17, 15) is 9.59 Å². The third-order valence-corrected chi connectivity index (χ3v) is 3.17. The maximum atomic E-state index is 11.8. The van der Waals surface area contributed by atoms with E-state index in [1.165, 1.54) is 10.8 Å². The van der Waals surface area contributed by atoms with E-state index in [0.29, 0.717) is 29.4 Å². The van der Waals surface area contributed by atoms with Crippen molar-refractivity contribution in [2.24, 2.45) is 0 Å². The van der Waals surface area contributed by atoms with Crippen LogP contribution in [-0.2, 0) is 11.3 Å². The van der Waals surface area contributed by atoms with Gasteiger partial charge in [0.05, 0.1) is 10.7 Å². The van der Waals surface area contributed by atoms with Gasteiger partial charge in [-0.05, 0) is 30.7 Å².